The Kier molecular flexibility index (Phi) is 5.95. The van der Waals surface area contributed by atoms with Crippen LogP contribution in [0.5, 0.6) is 0 Å². The minimum atomic E-state index is -0.461. The Labute approximate surface area is 131 Å². The molecule has 1 aliphatic rings. The number of carbonyl (C=O) groups is 2. The summed E-state index contributed by atoms with van der Waals surface area (Å²) in [5, 5.41) is 6.96. The third kappa shape index (κ3) is 4.56. The average Bonchev–Trinajstić information content (AvgIpc) is 2.54. The van der Waals surface area contributed by atoms with Gasteiger partial charge in [0.05, 0.1) is 6.04 Å². The lowest BCUT2D eigenvalue weighted by molar-refractivity contribution is -0.718. The van der Waals surface area contributed by atoms with Crippen molar-refractivity contribution in [1.29, 1.82) is 0 Å². The Balaban J connectivity index is 2.08. The van der Waals surface area contributed by atoms with Crippen LogP contribution in [0.1, 0.15) is 44.2 Å². The van der Waals surface area contributed by atoms with Crippen molar-refractivity contribution in [3.8, 4) is 0 Å². The molecule has 120 valence electrons. The zero-order valence-corrected chi connectivity index (χ0v) is 13.3. The first-order valence-electron chi connectivity index (χ1n) is 8.02. The zero-order chi connectivity index (χ0) is 15.9. The van der Waals surface area contributed by atoms with Crippen molar-refractivity contribution in [2.45, 2.75) is 44.7 Å². The van der Waals surface area contributed by atoms with Gasteiger partial charge in [-0.25, -0.2) is 4.79 Å². The molecule has 0 aromatic heterocycles. The van der Waals surface area contributed by atoms with Crippen LogP contribution in [-0.2, 0) is 4.79 Å². The number of hydrogen-bond acceptors (Lipinski definition) is 2. The molecule has 2 rings (SSSR count). The van der Waals surface area contributed by atoms with Gasteiger partial charge in [-0.2, -0.15) is 0 Å². The fourth-order valence-corrected chi connectivity index (χ4v) is 3.01. The number of imide groups is 1. The molecule has 0 aliphatic heterocycles. The van der Waals surface area contributed by atoms with E-state index < -0.39 is 6.03 Å². The molecule has 5 heteroatoms. The Morgan fingerprint density at radius 3 is 2.36 bits per heavy atom. The summed E-state index contributed by atoms with van der Waals surface area (Å²) >= 11 is 0. The number of benzene rings is 1. The number of amides is 3. The minimum absolute atomic E-state index is 0.260. The Morgan fingerprint density at radius 1 is 1.14 bits per heavy atom. The monoisotopic (exact) mass is 304 g/mol. The molecule has 1 fully saturated rings. The minimum Gasteiger partial charge on any atom is -0.341 e. The molecule has 1 saturated carbocycles. The van der Waals surface area contributed by atoms with E-state index in [0.29, 0.717) is 6.04 Å². The second kappa shape index (κ2) is 7.94. The summed E-state index contributed by atoms with van der Waals surface area (Å²) < 4.78 is 0. The predicted molar refractivity (Wildman–Crippen MR) is 85.1 cm³/mol. The molecular formula is C17H26N3O2+. The maximum absolute atomic E-state index is 12.4. The summed E-state index contributed by atoms with van der Waals surface area (Å²) in [5.74, 6) is 0.517. The van der Waals surface area contributed by atoms with Gasteiger partial charge in [-0.1, -0.05) is 37.3 Å². The molecule has 0 unspecified atom stereocenters. The van der Waals surface area contributed by atoms with Gasteiger partial charge in [-0.15, -0.1) is 0 Å². The fraction of sp³-hybridized carbons (Fsp3) is 0.529. The van der Waals surface area contributed by atoms with Crippen LogP contribution in [0.2, 0.25) is 0 Å². The van der Waals surface area contributed by atoms with Crippen LogP contribution in [0.4, 0.5) is 4.79 Å². The number of carbonyl (C=O) groups excluding carboxylic acids is 2. The molecule has 22 heavy (non-hydrogen) atoms. The molecule has 0 radical (unpaired) electrons. The predicted octanol–water partition coefficient (Wildman–Crippen LogP) is 1.33. The van der Waals surface area contributed by atoms with Gasteiger partial charge in [0.25, 0.3) is 5.91 Å². The van der Waals surface area contributed by atoms with E-state index in [0.717, 1.165) is 24.3 Å². The van der Waals surface area contributed by atoms with E-state index in [1.807, 2.05) is 30.3 Å². The van der Waals surface area contributed by atoms with Crippen LogP contribution in [0, 0.1) is 5.92 Å². The number of urea groups is 1. The van der Waals surface area contributed by atoms with Gasteiger partial charge >= 0.3 is 6.03 Å². The van der Waals surface area contributed by atoms with E-state index in [1.54, 1.807) is 0 Å². The van der Waals surface area contributed by atoms with Crippen molar-refractivity contribution in [1.82, 2.24) is 10.6 Å². The van der Waals surface area contributed by atoms with Gasteiger partial charge < -0.3 is 10.6 Å². The van der Waals surface area contributed by atoms with Gasteiger partial charge in [0.2, 0.25) is 0 Å². The highest BCUT2D eigenvalue weighted by atomic mass is 16.2. The third-order valence-electron chi connectivity index (χ3n) is 4.43. The fourth-order valence-electron chi connectivity index (χ4n) is 3.01. The summed E-state index contributed by atoms with van der Waals surface area (Å²) in [6.45, 7) is 2.28. The number of quaternary nitrogens is 1. The van der Waals surface area contributed by atoms with Crippen molar-refractivity contribution in [3.05, 3.63) is 35.9 Å². The third-order valence-corrected chi connectivity index (χ3v) is 4.43. The molecule has 4 N–H and O–H groups in total. The number of nitrogens with one attached hydrogen (secondary N) is 2. The number of nitrogens with two attached hydrogens (primary N) is 1. The number of hydrogen-bond donors (Lipinski definition) is 3. The van der Waals surface area contributed by atoms with Gasteiger partial charge in [-0.05, 0) is 31.6 Å². The highest BCUT2D eigenvalue weighted by Crippen LogP contribution is 2.22. The summed E-state index contributed by atoms with van der Waals surface area (Å²) in [6, 6.07) is 9.26. The van der Waals surface area contributed by atoms with Crippen LogP contribution in [0.3, 0.4) is 0 Å². The largest absolute Gasteiger partial charge is 0.341 e. The summed E-state index contributed by atoms with van der Waals surface area (Å²) in [4.78, 5) is 23.9. The van der Waals surface area contributed by atoms with E-state index in [9.17, 15) is 9.59 Å². The molecule has 0 bridgehead atoms. The van der Waals surface area contributed by atoms with E-state index in [1.165, 1.54) is 19.9 Å². The van der Waals surface area contributed by atoms with Crippen molar-refractivity contribution >= 4 is 11.9 Å². The van der Waals surface area contributed by atoms with Gasteiger partial charge in [0.15, 0.2) is 6.04 Å². The quantitative estimate of drug-likeness (QED) is 0.785. The lowest BCUT2D eigenvalue weighted by Gasteiger charge is -2.27. The maximum Gasteiger partial charge on any atom is 0.321 e. The van der Waals surface area contributed by atoms with E-state index in [2.05, 4.69) is 22.9 Å². The first kappa shape index (κ1) is 16.5. The second-order valence-corrected chi connectivity index (χ2v) is 6.17. The average molecular weight is 304 g/mol. The molecule has 5 nitrogen and oxygen atoms in total. The molecule has 0 heterocycles. The van der Waals surface area contributed by atoms with E-state index >= 15 is 0 Å². The van der Waals surface area contributed by atoms with Crippen molar-refractivity contribution in [3.63, 3.8) is 0 Å². The summed E-state index contributed by atoms with van der Waals surface area (Å²) in [7, 11) is 1.51. The Bertz CT molecular complexity index is 496. The lowest BCUT2D eigenvalue weighted by Crippen LogP contribution is -2.93. The SMILES string of the molecule is CNC(=O)NC(=O)[C@@H]([NH2+]C1CCC(C)CC1)c1ccccc1. The first-order chi connectivity index (χ1) is 10.6. The van der Waals surface area contributed by atoms with Gasteiger partial charge in [0, 0.05) is 12.6 Å². The van der Waals surface area contributed by atoms with Crippen molar-refractivity contribution < 1.29 is 14.9 Å². The molecule has 3 amide bonds. The first-order valence-corrected chi connectivity index (χ1v) is 8.02. The van der Waals surface area contributed by atoms with Crippen LogP contribution >= 0.6 is 0 Å². The lowest BCUT2D eigenvalue weighted by atomic mass is 9.86. The molecule has 1 atom stereocenters. The van der Waals surface area contributed by atoms with Crippen LogP contribution in [0.25, 0.3) is 0 Å². The Hall–Kier alpha value is -1.88. The second-order valence-electron chi connectivity index (χ2n) is 6.17. The highest BCUT2D eigenvalue weighted by molar-refractivity contribution is 5.96. The van der Waals surface area contributed by atoms with Crippen molar-refractivity contribution in [2.75, 3.05) is 7.05 Å². The van der Waals surface area contributed by atoms with Crippen LogP contribution in [0.15, 0.2) is 30.3 Å². The highest BCUT2D eigenvalue weighted by Gasteiger charge is 2.30. The molecule has 0 spiro atoms. The summed E-state index contributed by atoms with van der Waals surface area (Å²) in [5.41, 5.74) is 0.933. The number of rotatable bonds is 4. The van der Waals surface area contributed by atoms with E-state index in [4.69, 9.17) is 0 Å². The van der Waals surface area contributed by atoms with Gasteiger partial charge in [-0.3, -0.25) is 10.1 Å². The molecule has 1 aliphatic carbocycles. The molecule has 1 aromatic rings. The smallest absolute Gasteiger partial charge is 0.321 e. The van der Waals surface area contributed by atoms with Crippen LogP contribution in [-0.4, -0.2) is 25.0 Å². The standard InChI is InChI=1S/C17H25N3O2/c1-12-8-10-14(11-9-12)19-15(13-6-4-3-5-7-13)16(21)20-17(22)18-2/h3-7,12,14-15,19H,8-11H2,1-2H3,(H2,18,20,21,22)/p+1/t12?,14?,15-/m0/s1. The molecular weight excluding hydrogens is 278 g/mol. The normalized spacial score (nSPS) is 22.6. The Morgan fingerprint density at radius 2 is 1.77 bits per heavy atom. The van der Waals surface area contributed by atoms with Crippen molar-refractivity contribution in [2.24, 2.45) is 5.92 Å². The zero-order valence-electron chi connectivity index (χ0n) is 13.3. The molecule has 0 saturated heterocycles. The van der Waals surface area contributed by atoms with Gasteiger partial charge in [0.1, 0.15) is 0 Å². The van der Waals surface area contributed by atoms with E-state index in [-0.39, 0.29) is 11.9 Å². The molecule has 1 aromatic carbocycles. The topological polar surface area (TPSA) is 74.8 Å². The van der Waals surface area contributed by atoms with Crippen LogP contribution < -0.4 is 16.0 Å². The maximum atomic E-state index is 12.4. The summed E-state index contributed by atoms with van der Waals surface area (Å²) in [6.07, 6.45) is 4.66.